The zero-order valence-electron chi connectivity index (χ0n) is 9.71. The lowest BCUT2D eigenvalue weighted by Crippen LogP contribution is -2.28. The van der Waals surface area contributed by atoms with Crippen LogP contribution in [0, 0.1) is 13.8 Å². The SMILES string of the molecule is Cc1cc(C)[n+]2nc(-c3ccccc3)oc2n1. The number of benzene rings is 1. The summed E-state index contributed by atoms with van der Waals surface area (Å²) in [5.41, 5.74) is 2.90. The second kappa shape index (κ2) is 3.66. The van der Waals surface area contributed by atoms with E-state index in [0.717, 1.165) is 17.0 Å². The molecule has 3 aromatic rings. The highest BCUT2D eigenvalue weighted by molar-refractivity contribution is 5.52. The summed E-state index contributed by atoms with van der Waals surface area (Å²) >= 11 is 0. The van der Waals surface area contributed by atoms with E-state index < -0.39 is 0 Å². The molecule has 2 aromatic heterocycles. The molecule has 0 atom stereocenters. The average molecular weight is 226 g/mol. The van der Waals surface area contributed by atoms with Gasteiger partial charge < -0.3 is 4.42 Å². The molecule has 0 fully saturated rings. The van der Waals surface area contributed by atoms with Gasteiger partial charge in [-0.25, -0.2) is 0 Å². The molecule has 1 aromatic carbocycles. The van der Waals surface area contributed by atoms with Crippen molar-refractivity contribution in [2.75, 3.05) is 0 Å². The van der Waals surface area contributed by atoms with E-state index in [0.29, 0.717) is 11.7 Å². The molecule has 0 saturated carbocycles. The van der Waals surface area contributed by atoms with Gasteiger partial charge in [0.2, 0.25) is 0 Å². The molecular weight excluding hydrogens is 214 g/mol. The van der Waals surface area contributed by atoms with E-state index in [2.05, 4.69) is 10.1 Å². The highest BCUT2D eigenvalue weighted by Crippen LogP contribution is 2.16. The lowest BCUT2D eigenvalue weighted by molar-refractivity contribution is -0.588. The fourth-order valence-electron chi connectivity index (χ4n) is 1.83. The Balaban J connectivity index is 2.24. The summed E-state index contributed by atoms with van der Waals surface area (Å²) in [6.45, 7) is 3.93. The van der Waals surface area contributed by atoms with E-state index in [-0.39, 0.29) is 0 Å². The topological polar surface area (TPSA) is 43.0 Å². The Labute approximate surface area is 98.5 Å². The molecule has 0 radical (unpaired) electrons. The molecule has 0 amide bonds. The maximum atomic E-state index is 5.66. The molecule has 84 valence electrons. The molecule has 0 spiro atoms. The molecule has 0 unspecified atom stereocenters. The first kappa shape index (κ1) is 9.96. The molecule has 0 aliphatic carbocycles. The summed E-state index contributed by atoms with van der Waals surface area (Å²) in [6.07, 6.45) is 0. The number of rotatable bonds is 1. The molecule has 0 bridgehead atoms. The van der Waals surface area contributed by atoms with Gasteiger partial charge >= 0.3 is 5.84 Å². The number of hydrogen-bond donors (Lipinski definition) is 0. The molecular formula is C13H12N3O+. The van der Waals surface area contributed by atoms with Gasteiger partial charge in [-0.1, -0.05) is 22.7 Å². The zero-order valence-corrected chi connectivity index (χ0v) is 9.71. The van der Waals surface area contributed by atoms with Crippen molar-refractivity contribution in [2.24, 2.45) is 0 Å². The number of hydrogen-bond acceptors (Lipinski definition) is 3. The first-order chi connectivity index (χ1) is 8.24. The first-order valence-corrected chi connectivity index (χ1v) is 5.46. The number of nitrogens with zero attached hydrogens (tertiary/aromatic N) is 3. The Morgan fingerprint density at radius 1 is 1.12 bits per heavy atom. The van der Waals surface area contributed by atoms with Gasteiger partial charge in [-0.05, 0) is 22.2 Å². The van der Waals surface area contributed by atoms with Crippen LogP contribution < -0.4 is 4.52 Å². The standard InChI is InChI=1S/C13H12N3O/c1-9-8-10(2)16-13(14-9)17-12(15-16)11-6-4-3-5-7-11/h3-8H,1-2H3/q+1. The van der Waals surface area contributed by atoms with E-state index in [9.17, 15) is 0 Å². The molecule has 17 heavy (non-hydrogen) atoms. The third-order valence-corrected chi connectivity index (χ3v) is 2.60. The predicted octanol–water partition coefficient (Wildman–Crippen LogP) is 2.09. The van der Waals surface area contributed by atoms with Crippen LogP contribution >= 0.6 is 0 Å². The van der Waals surface area contributed by atoms with Crippen LogP contribution in [0.1, 0.15) is 11.4 Å². The highest BCUT2D eigenvalue weighted by Gasteiger charge is 2.18. The van der Waals surface area contributed by atoms with Crippen molar-refractivity contribution in [2.45, 2.75) is 13.8 Å². The average Bonchev–Trinajstić information content (AvgIpc) is 2.74. The van der Waals surface area contributed by atoms with Crippen molar-refractivity contribution in [1.29, 1.82) is 0 Å². The van der Waals surface area contributed by atoms with Crippen LogP contribution in [-0.4, -0.2) is 10.1 Å². The molecule has 0 N–H and O–H groups in total. The van der Waals surface area contributed by atoms with Gasteiger partial charge in [0.1, 0.15) is 5.69 Å². The summed E-state index contributed by atoms with van der Waals surface area (Å²) < 4.78 is 7.37. The first-order valence-electron chi connectivity index (χ1n) is 5.46. The summed E-state index contributed by atoms with van der Waals surface area (Å²) in [4.78, 5) is 4.32. The maximum absolute atomic E-state index is 5.66. The van der Waals surface area contributed by atoms with Crippen LogP contribution in [0.15, 0.2) is 40.8 Å². The molecule has 2 heterocycles. The smallest absolute Gasteiger partial charge is 0.364 e. The van der Waals surface area contributed by atoms with Crippen molar-refractivity contribution in [3.63, 3.8) is 0 Å². The van der Waals surface area contributed by atoms with Crippen LogP contribution in [-0.2, 0) is 0 Å². The number of aryl methyl sites for hydroxylation is 2. The molecule has 0 saturated heterocycles. The van der Waals surface area contributed by atoms with Crippen molar-refractivity contribution in [3.8, 4) is 11.5 Å². The third kappa shape index (κ3) is 1.67. The number of aromatic nitrogens is 3. The van der Waals surface area contributed by atoms with E-state index >= 15 is 0 Å². The van der Waals surface area contributed by atoms with Crippen LogP contribution in [0.25, 0.3) is 17.3 Å². The zero-order chi connectivity index (χ0) is 11.8. The summed E-state index contributed by atoms with van der Waals surface area (Å²) in [5.74, 6) is 1.12. The summed E-state index contributed by atoms with van der Waals surface area (Å²) in [7, 11) is 0. The number of fused-ring (bicyclic) bond motifs is 1. The summed E-state index contributed by atoms with van der Waals surface area (Å²) in [5, 5.41) is 4.41. The second-order valence-corrected chi connectivity index (χ2v) is 4.01. The van der Waals surface area contributed by atoms with Gasteiger partial charge in [-0.2, -0.15) is 0 Å². The van der Waals surface area contributed by atoms with E-state index in [1.807, 2.05) is 50.2 Å². The molecule has 4 nitrogen and oxygen atoms in total. The predicted molar refractivity (Wildman–Crippen MR) is 62.4 cm³/mol. The minimum absolute atomic E-state index is 0.529. The minimum Gasteiger partial charge on any atom is -0.364 e. The minimum atomic E-state index is 0.529. The highest BCUT2D eigenvalue weighted by atomic mass is 16.4. The molecule has 3 rings (SSSR count). The van der Waals surface area contributed by atoms with Crippen LogP contribution in [0.2, 0.25) is 0 Å². The molecule has 4 heteroatoms. The Hall–Kier alpha value is -2.23. The normalized spacial score (nSPS) is 10.9. The fourth-order valence-corrected chi connectivity index (χ4v) is 1.83. The van der Waals surface area contributed by atoms with Crippen molar-refractivity contribution in [3.05, 3.63) is 47.8 Å². The van der Waals surface area contributed by atoms with Gasteiger partial charge in [-0.15, -0.1) is 0 Å². The summed E-state index contributed by atoms with van der Waals surface area (Å²) in [6, 6.07) is 11.8. The van der Waals surface area contributed by atoms with Crippen LogP contribution in [0.3, 0.4) is 0 Å². The van der Waals surface area contributed by atoms with Gasteiger partial charge in [0.15, 0.2) is 5.69 Å². The quantitative estimate of drug-likeness (QED) is 0.597. The Morgan fingerprint density at radius 3 is 2.65 bits per heavy atom. The largest absolute Gasteiger partial charge is 0.532 e. The van der Waals surface area contributed by atoms with E-state index in [4.69, 9.17) is 4.42 Å². The van der Waals surface area contributed by atoms with Crippen LogP contribution in [0.4, 0.5) is 0 Å². The second-order valence-electron chi connectivity index (χ2n) is 4.01. The lowest BCUT2D eigenvalue weighted by Gasteiger charge is -1.88. The third-order valence-electron chi connectivity index (χ3n) is 2.60. The van der Waals surface area contributed by atoms with Gasteiger partial charge in [0.25, 0.3) is 5.89 Å². The van der Waals surface area contributed by atoms with Crippen LogP contribution in [0.5, 0.6) is 0 Å². The van der Waals surface area contributed by atoms with E-state index in [1.54, 1.807) is 4.52 Å². The van der Waals surface area contributed by atoms with E-state index in [1.165, 1.54) is 0 Å². The maximum Gasteiger partial charge on any atom is 0.532 e. The van der Waals surface area contributed by atoms with Gasteiger partial charge in [0, 0.05) is 25.5 Å². The Kier molecular flexibility index (Phi) is 2.14. The Bertz CT molecular complexity index is 674. The van der Waals surface area contributed by atoms with Gasteiger partial charge in [0.05, 0.1) is 0 Å². The van der Waals surface area contributed by atoms with Crippen molar-refractivity contribution < 1.29 is 8.93 Å². The molecule has 0 aliphatic heterocycles. The fraction of sp³-hybridized carbons (Fsp3) is 0.154. The lowest BCUT2D eigenvalue weighted by atomic mass is 10.2. The monoisotopic (exact) mass is 226 g/mol. The van der Waals surface area contributed by atoms with Crippen molar-refractivity contribution >= 4 is 5.84 Å². The van der Waals surface area contributed by atoms with Crippen molar-refractivity contribution in [1.82, 2.24) is 10.1 Å². The Morgan fingerprint density at radius 2 is 1.88 bits per heavy atom. The molecule has 0 aliphatic rings. The van der Waals surface area contributed by atoms with Gasteiger partial charge in [-0.3, -0.25) is 0 Å².